The molecule has 0 spiro atoms. The fourth-order valence-electron chi connectivity index (χ4n) is 0.602. The van der Waals surface area contributed by atoms with Gasteiger partial charge in [0.15, 0.2) is 0 Å². The highest BCUT2D eigenvalue weighted by Crippen LogP contribution is 2.07. The molecule has 0 unspecified atom stereocenters. The van der Waals surface area contributed by atoms with Crippen molar-refractivity contribution in [3.63, 3.8) is 0 Å². The lowest BCUT2D eigenvalue weighted by Gasteiger charge is -1.98. The largest absolute Gasteiger partial charge is 0.465 e. The molecule has 0 fully saturated rings. The van der Waals surface area contributed by atoms with Gasteiger partial charge in [-0.2, -0.15) is 5.10 Å². The van der Waals surface area contributed by atoms with Crippen LogP contribution in [0.5, 0.6) is 0 Å². The molecule has 6 nitrogen and oxygen atoms in total. The van der Waals surface area contributed by atoms with Crippen molar-refractivity contribution in [2.45, 2.75) is 5.16 Å². The van der Waals surface area contributed by atoms with Crippen molar-refractivity contribution in [1.82, 2.24) is 20.5 Å². The molecule has 1 aromatic heterocycles. The molecule has 1 aromatic rings. The zero-order valence-electron chi connectivity index (χ0n) is 6.67. The first-order valence-electron chi connectivity index (χ1n) is 3.52. The lowest BCUT2D eigenvalue weighted by atomic mass is 10.7. The molecule has 1 amide bonds. The van der Waals surface area contributed by atoms with Gasteiger partial charge in [-0.1, -0.05) is 11.8 Å². The lowest BCUT2D eigenvalue weighted by molar-refractivity contribution is 0.195. The van der Waals surface area contributed by atoms with Gasteiger partial charge in [0.2, 0.25) is 5.16 Å². The summed E-state index contributed by atoms with van der Waals surface area (Å²) >= 11 is 1.35. The van der Waals surface area contributed by atoms with Crippen LogP contribution in [0.15, 0.2) is 17.6 Å². The maximum Gasteiger partial charge on any atom is 0.404 e. The van der Waals surface area contributed by atoms with Gasteiger partial charge in [0, 0.05) is 12.3 Å². The Bertz CT molecular complexity index is 269. The number of amides is 1. The number of hydrogen-bond donors (Lipinski definition) is 2. The third-order valence-electron chi connectivity index (χ3n) is 1.07. The first-order chi connectivity index (χ1) is 6.29. The van der Waals surface area contributed by atoms with Gasteiger partial charge in [-0.25, -0.2) is 9.78 Å². The Morgan fingerprint density at radius 1 is 1.62 bits per heavy atom. The summed E-state index contributed by atoms with van der Waals surface area (Å²) in [6.07, 6.45) is 2.01. The highest BCUT2D eigenvalue weighted by atomic mass is 32.2. The molecule has 0 aromatic carbocycles. The highest BCUT2D eigenvalue weighted by Gasteiger charge is 1.97. The summed E-state index contributed by atoms with van der Waals surface area (Å²) in [6.45, 7) is 0.373. The minimum Gasteiger partial charge on any atom is -0.465 e. The van der Waals surface area contributed by atoms with E-state index in [4.69, 9.17) is 5.11 Å². The van der Waals surface area contributed by atoms with Crippen molar-refractivity contribution >= 4 is 17.9 Å². The van der Waals surface area contributed by atoms with Gasteiger partial charge in [-0.05, 0) is 0 Å². The second-order valence-electron chi connectivity index (χ2n) is 2.01. The SMILES string of the molecule is O=C(O)NCCSc1nccnn1. The summed E-state index contributed by atoms with van der Waals surface area (Å²) in [4.78, 5) is 14.0. The number of nitrogens with one attached hydrogen (secondary N) is 1. The molecule has 0 aliphatic carbocycles. The quantitative estimate of drug-likeness (QED) is 0.534. The van der Waals surface area contributed by atoms with Gasteiger partial charge in [-0.3, -0.25) is 0 Å². The average Bonchev–Trinajstić information content (AvgIpc) is 2.14. The maximum absolute atomic E-state index is 10.0. The second-order valence-corrected chi connectivity index (χ2v) is 3.07. The van der Waals surface area contributed by atoms with Crippen LogP contribution in [0.2, 0.25) is 0 Å². The van der Waals surface area contributed by atoms with Crippen molar-refractivity contribution < 1.29 is 9.90 Å². The van der Waals surface area contributed by atoms with E-state index in [1.807, 2.05) is 0 Å². The fourth-order valence-corrected chi connectivity index (χ4v) is 1.23. The monoisotopic (exact) mass is 200 g/mol. The first kappa shape index (κ1) is 9.72. The van der Waals surface area contributed by atoms with E-state index in [-0.39, 0.29) is 0 Å². The smallest absolute Gasteiger partial charge is 0.404 e. The van der Waals surface area contributed by atoms with Crippen molar-refractivity contribution in [3.05, 3.63) is 12.4 Å². The third-order valence-corrected chi connectivity index (χ3v) is 1.92. The predicted octanol–water partition coefficient (Wildman–Crippen LogP) is 0.231. The van der Waals surface area contributed by atoms with Crippen LogP contribution in [0.25, 0.3) is 0 Å². The normalized spacial score (nSPS) is 9.54. The first-order valence-corrected chi connectivity index (χ1v) is 4.51. The molecule has 13 heavy (non-hydrogen) atoms. The number of thioether (sulfide) groups is 1. The Balaban J connectivity index is 2.17. The second kappa shape index (κ2) is 5.31. The van der Waals surface area contributed by atoms with Crippen LogP contribution in [0, 0.1) is 0 Å². The molecule has 0 aliphatic rings. The number of nitrogens with zero attached hydrogens (tertiary/aromatic N) is 3. The van der Waals surface area contributed by atoms with Gasteiger partial charge in [-0.15, -0.1) is 5.10 Å². The Morgan fingerprint density at radius 2 is 2.46 bits per heavy atom. The summed E-state index contributed by atoms with van der Waals surface area (Å²) in [7, 11) is 0. The van der Waals surface area contributed by atoms with Gasteiger partial charge in [0.1, 0.15) is 0 Å². The van der Waals surface area contributed by atoms with E-state index in [0.717, 1.165) is 0 Å². The van der Waals surface area contributed by atoms with Crippen molar-refractivity contribution in [1.29, 1.82) is 0 Å². The van der Waals surface area contributed by atoms with E-state index in [0.29, 0.717) is 17.5 Å². The number of hydrogen-bond acceptors (Lipinski definition) is 5. The van der Waals surface area contributed by atoms with E-state index in [1.54, 1.807) is 6.20 Å². The average molecular weight is 200 g/mol. The van der Waals surface area contributed by atoms with Gasteiger partial charge in [0.25, 0.3) is 0 Å². The molecule has 1 heterocycles. The lowest BCUT2D eigenvalue weighted by Crippen LogP contribution is -2.23. The zero-order valence-corrected chi connectivity index (χ0v) is 7.49. The minimum absolute atomic E-state index is 0.373. The van der Waals surface area contributed by atoms with Crippen LogP contribution in [0.4, 0.5) is 4.79 Å². The Morgan fingerprint density at radius 3 is 3.08 bits per heavy atom. The molecular weight excluding hydrogens is 192 g/mol. The fraction of sp³-hybridized carbons (Fsp3) is 0.333. The van der Waals surface area contributed by atoms with Crippen molar-refractivity contribution in [2.24, 2.45) is 0 Å². The van der Waals surface area contributed by atoms with E-state index < -0.39 is 6.09 Å². The molecule has 0 saturated carbocycles. The van der Waals surface area contributed by atoms with E-state index >= 15 is 0 Å². The molecule has 1 rings (SSSR count). The maximum atomic E-state index is 10.0. The predicted molar refractivity (Wildman–Crippen MR) is 46.6 cm³/mol. The van der Waals surface area contributed by atoms with Crippen LogP contribution in [-0.2, 0) is 0 Å². The summed E-state index contributed by atoms with van der Waals surface area (Å²) in [5, 5.41) is 18.4. The Hall–Kier alpha value is -1.37. The molecule has 7 heteroatoms. The molecule has 0 radical (unpaired) electrons. The van der Waals surface area contributed by atoms with E-state index in [9.17, 15) is 4.79 Å². The zero-order chi connectivity index (χ0) is 9.52. The molecule has 0 saturated heterocycles. The van der Waals surface area contributed by atoms with Crippen LogP contribution in [-0.4, -0.2) is 38.7 Å². The van der Waals surface area contributed by atoms with Gasteiger partial charge >= 0.3 is 6.09 Å². The van der Waals surface area contributed by atoms with Crippen molar-refractivity contribution in [3.8, 4) is 0 Å². The van der Waals surface area contributed by atoms with Gasteiger partial charge < -0.3 is 10.4 Å². The van der Waals surface area contributed by atoms with E-state index in [1.165, 1.54) is 18.0 Å². The summed E-state index contributed by atoms with van der Waals surface area (Å²) in [5.74, 6) is 0.595. The van der Waals surface area contributed by atoms with Crippen LogP contribution < -0.4 is 5.32 Å². The standard InChI is InChI=1S/C6H8N4O2S/c11-6(12)8-3-4-13-5-7-1-2-9-10-5/h1-2,8H,3-4H2,(H,11,12). The van der Waals surface area contributed by atoms with E-state index in [2.05, 4.69) is 20.5 Å². The molecule has 2 N–H and O–H groups in total. The Labute approximate surface area is 78.8 Å². The summed E-state index contributed by atoms with van der Waals surface area (Å²) in [5.41, 5.74) is 0. The number of rotatable bonds is 4. The molecule has 0 aliphatic heterocycles. The van der Waals surface area contributed by atoms with Crippen molar-refractivity contribution in [2.75, 3.05) is 12.3 Å². The summed E-state index contributed by atoms with van der Waals surface area (Å²) < 4.78 is 0. The highest BCUT2D eigenvalue weighted by molar-refractivity contribution is 7.99. The van der Waals surface area contributed by atoms with Crippen LogP contribution in [0.1, 0.15) is 0 Å². The third kappa shape index (κ3) is 4.26. The molecular formula is C6H8N4O2S. The Kier molecular flexibility index (Phi) is 3.97. The number of carboxylic acid groups (broad SMARTS) is 1. The molecule has 70 valence electrons. The minimum atomic E-state index is -1.02. The number of carbonyl (C=O) groups is 1. The number of aromatic nitrogens is 3. The molecule has 0 atom stereocenters. The van der Waals surface area contributed by atoms with Crippen LogP contribution in [0.3, 0.4) is 0 Å². The van der Waals surface area contributed by atoms with Gasteiger partial charge in [0.05, 0.1) is 12.4 Å². The summed E-state index contributed by atoms with van der Waals surface area (Å²) in [6, 6.07) is 0. The van der Waals surface area contributed by atoms with Crippen LogP contribution >= 0.6 is 11.8 Å². The topological polar surface area (TPSA) is 88.0 Å². The molecule has 0 bridgehead atoms.